The molecule has 3 rings (SSSR count). The number of likely N-dealkylation sites (tertiary alicyclic amines) is 1. The van der Waals surface area contributed by atoms with Crippen molar-refractivity contribution >= 4 is 21.6 Å². The third-order valence-corrected chi connectivity index (χ3v) is 6.26. The Bertz CT molecular complexity index is 919. The van der Waals surface area contributed by atoms with Crippen LogP contribution in [-0.4, -0.2) is 45.5 Å². The van der Waals surface area contributed by atoms with Crippen LogP contribution in [0, 0.1) is 0 Å². The molecule has 1 aliphatic heterocycles. The SMILES string of the molecule is CC(=O)Nc1ccc(S(=O)(=O)NCc2ccc(OC3CCN(C)CC3)cc2)cc1. The lowest BCUT2D eigenvalue weighted by Gasteiger charge is -2.29. The molecule has 0 aromatic heterocycles. The Morgan fingerprint density at radius 3 is 2.28 bits per heavy atom. The van der Waals surface area contributed by atoms with Crippen LogP contribution in [0.25, 0.3) is 0 Å². The van der Waals surface area contributed by atoms with Gasteiger partial charge in [-0.05, 0) is 61.9 Å². The van der Waals surface area contributed by atoms with Crippen LogP contribution in [0.1, 0.15) is 25.3 Å². The highest BCUT2D eigenvalue weighted by Crippen LogP contribution is 2.20. The Hall–Kier alpha value is -2.42. The Labute approximate surface area is 172 Å². The fourth-order valence-electron chi connectivity index (χ4n) is 3.16. The van der Waals surface area contributed by atoms with Crippen LogP contribution in [0.3, 0.4) is 0 Å². The fraction of sp³-hybridized carbons (Fsp3) is 0.381. The second-order valence-electron chi connectivity index (χ2n) is 7.29. The molecule has 2 aromatic rings. The lowest BCUT2D eigenvalue weighted by molar-refractivity contribution is -0.114. The van der Waals surface area contributed by atoms with E-state index in [9.17, 15) is 13.2 Å². The lowest BCUT2D eigenvalue weighted by Crippen LogP contribution is -2.35. The van der Waals surface area contributed by atoms with Crippen molar-refractivity contribution in [3.63, 3.8) is 0 Å². The van der Waals surface area contributed by atoms with E-state index < -0.39 is 10.0 Å². The van der Waals surface area contributed by atoms with Crippen LogP contribution >= 0.6 is 0 Å². The van der Waals surface area contributed by atoms with Crippen molar-refractivity contribution in [2.24, 2.45) is 0 Å². The Balaban J connectivity index is 1.54. The number of nitrogens with one attached hydrogen (secondary N) is 2. The topological polar surface area (TPSA) is 87.7 Å². The molecule has 8 heteroatoms. The van der Waals surface area contributed by atoms with Crippen molar-refractivity contribution in [1.82, 2.24) is 9.62 Å². The first-order valence-corrected chi connectivity index (χ1v) is 11.1. The highest BCUT2D eigenvalue weighted by molar-refractivity contribution is 7.89. The molecule has 0 aliphatic carbocycles. The van der Waals surface area contributed by atoms with E-state index in [0.717, 1.165) is 37.2 Å². The number of amides is 1. The van der Waals surface area contributed by atoms with Gasteiger partial charge in [-0.25, -0.2) is 13.1 Å². The summed E-state index contributed by atoms with van der Waals surface area (Å²) >= 11 is 0. The molecule has 7 nitrogen and oxygen atoms in total. The molecular formula is C21H27N3O4S. The van der Waals surface area contributed by atoms with Gasteiger partial charge in [0.2, 0.25) is 15.9 Å². The number of carbonyl (C=O) groups excluding carboxylic acids is 1. The maximum Gasteiger partial charge on any atom is 0.240 e. The van der Waals surface area contributed by atoms with E-state index in [-0.39, 0.29) is 23.5 Å². The molecule has 0 radical (unpaired) electrons. The third kappa shape index (κ3) is 6.28. The smallest absolute Gasteiger partial charge is 0.240 e. The molecule has 0 saturated carbocycles. The zero-order valence-electron chi connectivity index (χ0n) is 16.7. The number of ether oxygens (including phenoxy) is 1. The monoisotopic (exact) mass is 417 g/mol. The van der Waals surface area contributed by atoms with E-state index in [1.807, 2.05) is 24.3 Å². The van der Waals surface area contributed by atoms with Gasteiger partial charge in [-0.2, -0.15) is 0 Å². The molecular weight excluding hydrogens is 390 g/mol. The van der Waals surface area contributed by atoms with Gasteiger partial charge in [-0.1, -0.05) is 12.1 Å². The number of hydrogen-bond acceptors (Lipinski definition) is 5. The van der Waals surface area contributed by atoms with Crippen molar-refractivity contribution in [2.45, 2.75) is 37.3 Å². The molecule has 0 unspecified atom stereocenters. The van der Waals surface area contributed by atoms with Gasteiger partial charge in [0.1, 0.15) is 11.9 Å². The van der Waals surface area contributed by atoms with E-state index in [2.05, 4.69) is 22.0 Å². The van der Waals surface area contributed by atoms with Gasteiger partial charge in [0.15, 0.2) is 0 Å². The second kappa shape index (κ2) is 9.39. The first kappa shape index (κ1) is 21.3. The van der Waals surface area contributed by atoms with Gasteiger partial charge in [0.05, 0.1) is 4.90 Å². The summed E-state index contributed by atoms with van der Waals surface area (Å²) in [4.78, 5) is 13.5. The molecule has 1 amide bonds. The molecule has 1 aliphatic rings. The van der Waals surface area contributed by atoms with E-state index in [4.69, 9.17) is 4.74 Å². The zero-order valence-corrected chi connectivity index (χ0v) is 17.5. The minimum atomic E-state index is -3.64. The minimum absolute atomic E-state index is 0.147. The summed E-state index contributed by atoms with van der Waals surface area (Å²) < 4.78 is 33.5. The molecule has 2 N–H and O–H groups in total. The van der Waals surface area contributed by atoms with Crippen LogP contribution in [-0.2, 0) is 21.4 Å². The second-order valence-corrected chi connectivity index (χ2v) is 9.06. The van der Waals surface area contributed by atoms with E-state index in [1.165, 1.54) is 19.1 Å². The quantitative estimate of drug-likeness (QED) is 0.723. The molecule has 0 bridgehead atoms. The van der Waals surface area contributed by atoms with Gasteiger partial charge in [0.25, 0.3) is 0 Å². The van der Waals surface area contributed by atoms with Crippen molar-refractivity contribution in [3.8, 4) is 5.75 Å². The first-order valence-electron chi connectivity index (χ1n) is 9.63. The van der Waals surface area contributed by atoms with Crippen LogP contribution < -0.4 is 14.8 Å². The summed E-state index contributed by atoms with van der Waals surface area (Å²) in [5.74, 6) is 0.599. The number of benzene rings is 2. The largest absolute Gasteiger partial charge is 0.490 e. The van der Waals surface area contributed by atoms with Crippen molar-refractivity contribution < 1.29 is 17.9 Å². The number of rotatable bonds is 7. The number of anilines is 1. The standard InChI is InChI=1S/C21H27N3O4S/c1-16(25)23-18-5-9-21(10-6-18)29(26,27)22-15-17-3-7-19(8-4-17)28-20-11-13-24(2)14-12-20/h3-10,20,22H,11-15H2,1-2H3,(H,23,25). The molecule has 29 heavy (non-hydrogen) atoms. The fourth-order valence-corrected chi connectivity index (χ4v) is 4.18. The van der Waals surface area contributed by atoms with Gasteiger partial charge < -0.3 is 15.0 Å². The Morgan fingerprint density at radius 2 is 1.69 bits per heavy atom. The molecule has 2 aromatic carbocycles. The predicted octanol–water partition coefficient (Wildman–Crippen LogP) is 2.60. The number of sulfonamides is 1. The number of carbonyl (C=O) groups is 1. The lowest BCUT2D eigenvalue weighted by atomic mass is 10.1. The van der Waals surface area contributed by atoms with Gasteiger partial charge in [-0.3, -0.25) is 4.79 Å². The molecule has 156 valence electrons. The summed E-state index contributed by atoms with van der Waals surface area (Å²) in [6.07, 6.45) is 2.26. The van der Waals surface area contributed by atoms with Crippen molar-refractivity contribution in [3.05, 3.63) is 54.1 Å². The highest BCUT2D eigenvalue weighted by Gasteiger charge is 2.18. The maximum absolute atomic E-state index is 12.5. The normalized spacial score (nSPS) is 15.8. The highest BCUT2D eigenvalue weighted by atomic mass is 32.2. The van der Waals surface area contributed by atoms with Gasteiger partial charge in [-0.15, -0.1) is 0 Å². The average molecular weight is 418 g/mol. The van der Waals surface area contributed by atoms with E-state index in [0.29, 0.717) is 5.69 Å². The van der Waals surface area contributed by atoms with Crippen molar-refractivity contribution in [1.29, 1.82) is 0 Å². The predicted molar refractivity (Wildman–Crippen MR) is 112 cm³/mol. The van der Waals surface area contributed by atoms with Crippen molar-refractivity contribution in [2.75, 3.05) is 25.5 Å². The molecule has 1 saturated heterocycles. The summed E-state index contributed by atoms with van der Waals surface area (Å²) in [6.45, 7) is 3.66. The first-order chi connectivity index (χ1) is 13.8. The summed E-state index contributed by atoms with van der Waals surface area (Å²) in [5, 5.41) is 2.61. The minimum Gasteiger partial charge on any atom is -0.490 e. The van der Waals surface area contributed by atoms with Crippen LogP contribution in [0.5, 0.6) is 5.75 Å². The van der Waals surface area contributed by atoms with E-state index >= 15 is 0 Å². The van der Waals surface area contributed by atoms with Gasteiger partial charge >= 0.3 is 0 Å². The van der Waals surface area contributed by atoms with Gasteiger partial charge in [0, 0.05) is 32.2 Å². The zero-order chi connectivity index (χ0) is 20.9. The number of hydrogen-bond donors (Lipinski definition) is 2. The summed E-state index contributed by atoms with van der Waals surface area (Å²) in [7, 11) is -1.53. The maximum atomic E-state index is 12.5. The molecule has 1 fully saturated rings. The number of piperidine rings is 1. The van der Waals surface area contributed by atoms with Crippen LogP contribution in [0.2, 0.25) is 0 Å². The molecule has 0 atom stereocenters. The summed E-state index contributed by atoms with van der Waals surface area (Å²) in [6, 6.07) is 13.5. The van der Waals surface area contributed by atoms with Crippen LogP contribution in [0.4, 0.5) is 5.69 Å². The Morgan fingerprint density at radius 1 is 1.07 bits per heavy atom. The molecule has 0 spiro atoms. The number of nitrogens with zero attached hydrogens (tertiary/aromatic N) is 1. The van der Waals surface area contributed by atoms with Crippen LogP contribution in [0.15, 0.2) is 53.4 Å². The third-order valence-electron chi connectivity index (χ3n) is 4.84. The average Bonchev–Trinajstić information content (AvgIpc) is 2.69. The summed E-state index contributed by atoms with van der Waals surface area (Å²) in [5.41, 5.74) is 1.40. The van der Waals surface area contributed by atoms with E-state index in [1.54, 1.807) is 12.1 Å². The Kier molecular flexibility index (Phi) is 6.89. The molecule has 1 heterocycles.